The Morgan fingerprint density at radius 3 is 2.11 bits per heavy atom. The summed E-state index contributed by atoms with van der Waals surface area (Å²) in [7, 11) is 1.59. The number of methoxy groups -OCH3 is 1. The van der Waals surface area contributed by atoms with Crippen molar-refractivity contribution in [1.82, 2.24) is 14.5 Å². The number of pyridine rings is 2. The number of aromatic nitrogens is 3. The van der Waals surface area contributed by atoms with Crippen LogP contribution in [0.5, 0.6) is 17.5 Å². The molecular weight excluding hydrogens is 553 g/mol. The SMILES string of the molecule is COc1ncccc1-c1c2cccnc2c(OC(c2ccccc2)c2ccccc2)c2c(O)n(Cc3ccc(F)cc3)cc12. The van der Waals surface area contributed by atoms with Gasteiger partial charge in [-0.25, -0.2) is 9.37 Å². The molecule has 4 aromatic carbocycles. The van der Waals surface area contributed by atoms with Gasteiger partial charge < -0.3 is 19.1 Å². The average molecular weight is 582 g/mol. The van der Waals surface area contributed by atoms with Crippen LogP contribution >= 0.6 is 0 Å². The third-order valence-corrected chi connectivity index (χ3v) is 7.78. The number of hydrogen-bond donors (Lipinski definition) is 1. The normalized spacial score (nSPS) is 11.3. The van der Waals surface area contributed by atoms with Gasteiger partial charge in [-0.2, -0.15) is 0 Å². The van der Waals surface area contributed by atoms with Crippen molar-refractivity contribution in [3.05, 3.63) is 150 Å². The monoisotopic (exact) mass is 581 g/mol. The number of hydrogen-bond acceptors (Lipinski definition) is 5. The second-order valence-corrected chi connectivity index (χ2v) is 10.5. The summed E-state index contributed by atoms with van der Waals surface area (Å²) in [4.78, 5) is 9.27. The van der Waals surface area contributed by atoms with Gasteiger partial charge in [0.1, 0.15) is 17.4 Å². The van der Waals surface area contributed by atoms with Crippen LogP contribution in [0.2, 0.25) is 0 Å². The maximum atomic E-state index is 13.7. The van der Waals surface area contributed by atoms with Crippen molar-refractivity contribution in [2.24, 2.45) is 0 Å². The second-order valence-electron chi connectivity index (χ2n) is 10.5. The minimum atomic E-state index is -0.482. The van der Waals surface area contributed by atoms with Gasteiger partial charge in [-0.3, -0.25) is 4.98 Å². The predicted octanol–water partition coefficient (Wildman–Crippen LogP) is 8.32. The molecule has 0 aliphatic rings. The molecule has 0 aliphatic carbocycles. The first kappa shape index (κ1) is 27.2. The van der Waals surface area contributed by atoms with Crippen molar-refractivity contribution >= 4 is 21.7 Å². The zero-order chi connectivity index (χ0) is 30.0. The summed E-state index contributed by atoms with van der Waals surface area (Å²) in [6.07, 6.45) is 4.82. The lowest BCUT2D eigenvalue weighted by Crippen LogP contribution is -2.10. The van der Waals surface area contributed by atoms with E-state index in [1.165, 1.54) is 12.1 Å². The van der Waals surface area contributed by atoms with Crippen LogP contribution < -0.4 is 9.47 Å². The highest BCUT2D eigenvalue weighted by atomic mass is 19.1. The van der Waals surface area contributed by atoms with E-state index in [-0.39, 0.29) is 11.7 Å². The fraction of sp³-hybridized carbons (Fsp3) is 0.0811. The number of ether oxygens (including phenoxy) is 2. The maximum absolute atomic E-state index is 13.7. The molecule has 0 radical (unpaired) electrons. The molecule has 44 heavy (non-hydrogen) atoms. The molecule has 0 fully saturated rings. The minimum Gasteiger partial charge on any atom is -0.494 e. The Kier molecular flexibility index (Phi) is 7.12. The highest BCUT2D eigenvalue weighted by Gasteiger charge is 2.27. The van der Waals surface area contributed by atoms with Crippen LogP contribution in [-0.2, 0) is 6.54 Å². The molecule has 0 unspecified atom stereocenters. The Labute approximate surface area is 253 Å². The van der Waals surface area contributed by atoms with Gasteiger partial charge in [-0.05, 0) is 47.0 Å². The zero-order valence-corrected chi connectivity index (χ0v) is 23.9. The van der Waals surface area contributed by atoms with Crippen molar-refractivity contribution in [1.29, 1.82) is 0 Å². The van der Waals surface area contributed by atoms with Gasteiger partial charge in [-0.1, -0.05) is 78.9 Å². The van der Waals surface area contributed by atoms with Crippen LogP contribution in [0.15, 0.2) is 128 Å². The Morgan fingerprint density at radius 2 is 1.43 bits per heavy atom. The van der Waals surface area contributed by atoms with Gasteiger partial charge >= 0.3 is 0 Å². The molecule has 0 aliphatic heterocycles. The first-order chi connectivity index (χ1) is 21.6. The fourth-order valence-electron chi connectivity index (χ4n) is 5.77. The molecule has 216 valence electrons. The van der Waals surface area contributed by atoms with Crippen molar-refractivity contribution in [3.8, 4) is 28.6 Å². The number of nitrogens with zero attached hydrogens (tertiary/aromatic N) is 3. The Balaban J connectivity index is 1.53. The topological polar surface area (TPSA) is 69.4 Å². The summed E-state index contributed by atoms with van der Waals surface area (Å²) in [5, 5.41) is 14.0. The van der Waals surface area contributed by atoms with Gasteiger partial charge in [0.2, 0.25) is 11.8 Å². The summed E-state index contributed by atoms with van der Waals surface area (Å²) in [5.41, 5.74) is 4.90. The Bertz CT molecular complexity index is 2040. The average Bonchev–Trinajstić information content (AvgIpc) is 3.39. The van der Waals surface area contributed by atoms with Crippen molar-refractivity contribution in [2.45, 2.75) is 12.6 Å². The molecule has 0 atom stereocenters. The molecule has 1 N–H and O–H groups in total. The number of halogens is 1. The smallest absolute Gasteiger partial charge is 0.221 e. The molecule has 3 aromatic heterocycles. The van der Waals surface area contributed by atoms with E-state index in [0.29, 0.717) is 29.1 Å². The van der Waals surface area contributed by atoms with Crippen molar-refractivity contribution in [3.63, 3.8) is 0 Å². The highest BCUT2D eigenvalue weighted by molar-refractivity contribution is 6.18. The van der Waals surface area contributed by atoms with Crippen LogP contribution in [0.3, 0.4) is 0 Å². The first-order valence-electron chi connectivity index (χ1n) is 14.2. The summed E-state index contributed by atoms with van der Waals surface area (Å²) in [5.74, 6) is 0.596. The molecule has 0 saturated heterocycles. The molecule has 0 spiro atoms. The van der Waals surface area contributed by atoms with E-state index in [0.717, 1.165) is 38.6 Å². The van der Waals surface area contributed by atoms with Crippen LogP contribution in [0.4, 0.5) is 4.39 Å². The lowest BCUT2D eigenvalue weighted by molar-refractivity contribution is 0.252. The summed E-state index contributed by atoms with van der Waals surface area (Å²) >= 11 is 0. The van der Waals surface area contributed by atoms with E-state index < -0.39 is 6.10 Å². The molecule has 7 rings (SSSR count). The Morgan fingerprint density at radius 1 is 0.773 bits per heavy atom. The highest BCUT2D eigenvalue weighted by Crippen LogP contribution is 2.49. The third kappa shape index (κ3) is 4.88. The largest absolute Gasteiger partial charge is 0.494 e. The minimum absolute atomic E-state index is 0.0101. The summed E-state index contributed by atoms with van der Waals surface area (Å²) < 4.78 is 28.1. The number of rotatable bonds is 8. The van der Waals surface area contributed by atoms with E-state index in [1.54, 1.807) is 36.2 Å². The molecular formula is C37H28FN3O3. The molecule has 0 bridgehead atoms. The molecule has 0 amide bonds. The van der Waals surface area contributed by atoms with Gasteiger partial charge in [0.05, 0.1) is 19.0 Å². The van der Waals surface area contributed by atoms with Crippen LogP contribution in [0.25, 0.3) is 32.8 Å². The molecule has 7 aromatic rings. The standard InChI is InChI=1S/C37H28FN3O3/c1-43-36-29(15-9-21-40-36)31-28-14-8-20-39-33(28)35(44-34(25-10-4-2-5-11-25)26-12-6-3-7-13-26)32-30(31)23-41(37(32)42)22-24-16-18-27(38)19-17-24/h2-21,23,34,42H,22H2,1H3. The molecule has 3 heterocycles. The van der Waals surface area contributed by atoms with E-state index in [2.05, 4.69) is 4.98 Å². The lowest BCUT2D eigenvalue weighted by Gasteiger charge is -2.23. The van der Waals surface area contributed by atoms with Gasteiger partial charge in [0, 0.05) is 40.5 Å². The van der Waals surface area contributed by atoms with E-state index in [4.69, 9.17) is 14.5 Å². The van der Waals surface area contributed by atoms with Crippen molar-refractivity contribution in [2.75, 3.05) is 7.11 Å². The lowest BCUT2D eigenvalue weighted by atomic mass is 9.95. The van der Waals surface area contributed by atoms with E-state index >= 15 is 0 Å². The van der Waals surface area contributed by atoms with Crippen LogP contribution in [-0.4, -0.2) is 26.8 Å². The van der Waals surface area contributed by atoms with E-state index in [1.807, 2.05) is 91.1 Å². The third-order valence-electron chi connectivity index (χ3n) is 7.78. The first-order valence-corrected chi connectivity index (χ1v) is 14.2. The summed E-state index contributed by atoms with van der Waals surface area (Å²) in [6.45, 7) is 0.314. The molecule has 6 nitrogen and oxygen atoms in total. The predicted molar refractivity (Wildman–Crippen MR) is 170 cm³/mol. The molecule has 0 saturated carbocycles. The Hall–Kier alpha value is -5.69. The number of aromatic hydroxyl groups is 1. The van der Waals surface area contributed by atoms with Gasteiger partial charge in [0.25, 0.3) is 0 Å². The van der Waals surface area contributed by atoms with Gasteiger partial charge in [-0.15, -0.1) is 0 Å². The van der Waals surface area contributed by atoms with Crippen molar-refractivity contribution < 1.29 is 19.0 Å². The van der Waals surface area contributed by atoms with E-state index in [9.17, 15) is 9.50 Å². The molecule has 7 heteroatoms. The summed E-state index contributed by atoms with van der Waals surface area (Å²) in [6, 6.07) is 33.9. The van der Waals surface area contributed by atoms with Crippen LogP contribution in [0, 0.1) is 5.82 Å². The quantitative estimate of drug-likeness (QED) is 0.195. The van der Waals surface area contributed by atoms with Crippen LogP contribution in [0.1, 0.15) is 22.8 Å². The second kappa shape index (κ2) is 11.5. The maximum Gasteiger partial charge on any atom is 0.221 e. The number of fused-ring (bicyclic) bond motifs is 2. The fourth-order valence-corrected chi connectivity index (χ4v) is 5.77. The zero-order valence-electron chi connectivity index (χ0n) is 23.9. The van der Waals surface area contributed by atoms with Gasteiger partial charge in [0.15, 0.2) is 5.75 Å². The number of benzene rings is 4.